The van der Waals surface area contributed by atoms with Gasteiger partial charge < -0.3 is 10.1 Å². The lowest BCUT2D eigenvalue weighted by Gasteiger charge is -2.40. The summed E-state index contributed by atoms with van der Waals surface area (Å²) < 4.78 is 33.6. The molecule has 37 heavy (non-hydrogen) atoms. The quantitative estimate of drug-likeness (QED) is 0.233. The number of hydrogen-bond donors (Lipinski definition) is 1. The lowest BCUT2D eigenvalue weighted by molar-refractivity contribution is 0.103. The van der Waals surface area contributed by atoms with Crippen LogP contribution >= 0.6 is 11.3 Å². The summed E-state index contributed by atoms with van der Waals surface area (Å²) in [5.74, 6) is 0.643. The van der Waals surface area contributed by atoms with Crippen molar-refractivity contribution in [3.63, 3.8) is 0 Å². The first-order chi connectivity index (χ1) is 17.8. The number of nitrogens with one attached hydrogen (secondary N) is 1. The minimum Gasteiger partial charge on any atom is -0.455 e. The van der Waals surface area contributed by atoms with E-state index in [4.69, 9.17) is 4.74 Å². The van der Waals surface area contributed by atoms with E-state index in [1.807, 2.05) is 43.3 Å². The molecule has 192 valence electrons. The molecule has 1 aliphatic heterocycles. The van der Waals surface area contributed by atoms with Crippen LogP contribution < -0.4 is 10.1 Å². The van der Waals surface area contributed by atoms with Gasteiger partial charge in [-0.1, -0.05) is 6.07 Å². The molecule has 1 fully saturated rings. The zero-order chi connectivity index (χ0) is 26.1. The van der Waals surface area contributed by atoms with Crippen LogP contribution in [0.5, 0.6) is 11.5 Å². The van der Waals surface area contributed by atoms with E-state index in [1.165, 1.54) is 23.5 Å². The molecule has 0 spiro atoms. The standard InChI is InChI=1S/C30H30F2N2O2S/c1-18-5-10-25-26(13-18)37-30(28(35)27-19(2)14-21(32)15-20(27)3)29(25)36-24-8-6-22(7-9-24)33-23-16-34(17-23)12-4-11-31/h5-10,13-15,23,33H,4,11-12,16-17H2,1-3H3. The minimum absolute atomic E-state index is 0.163. The Morgan fingerprint density at radius 1 is 1.05 bits per heavy atom. The molecule has 7 heteroatoms. The summed E-state index contributed by atoms with van der Waals surface area (Å²) >= 11 is 1.40. The Balaban J connectivity index is 1.39. The number of ketones is 1. The van der Waals surface area contributed by atoms with Gasteiger partial charge in [0.15, 0.2) is 5.75 Å². The van der Waals surface area contributed by atoms with E-state index in [-0.39, 0.29) is 18.3 Å². The number of nitrogens with zero attached hydrogens (tertiary/aromatic N) is 1. The van der Waals surface area contributed by atoms with Crippen molar-refractivity contribution in [2.24, 2.45) is 0 Å². The second kappa shape index (κ2) is 10.6. The number of rotatable bonds is 9. The fraction of sp³-hybridized carbons (Fsp3) is 0.300. The number of aryl methyl sites for hydroxylation is 3. The molecule has 0 bridgehead atoms. The maximum atomic E-state index is 13.9. The summed E-state index contributed by atoms with van der Waals surface area (Å²) in [7, 11) is 0. The number of benzene rings is 3. The van der Waals surface area contributed by atoms with Crippen LogP contribution in [-0.2, 0) is 0 Å². The summed E-state index contributed by atoms with van der Waals surface area (Å²) in [6, 6.07) is 16.9. The number of likely N-dealkylation sites (tertiary alicyclic amines) is 1. The van der Waals surface area contributed by atoms with Crippen molar-refractivity contribution in [2.75, 3.05) is 31.6 Å². The van der Waals surface area contributed by atoms with E-state index in [0.717, 1.165) is 41.0 Å². The lowest BCUT2D eigenvalue weighted by Crippen LogP contribution is -2.54. The summed E-state index contributed by atoms with van der Waals surface area (Å²) in [6.07, 6.45) is 0.584. The van der Waals surface area contributed by atoms with Crippen LogP contribution in [0, 0.1) is 26.6 Å². The smallest absolute Gasteiger partial charge is 0.207 e. The highest BCUT2D eigenvalue weighted by Crippen LogP contribution is 2.42. The monoisotopic (exact) mass is 520 g/mol. The molecular formula is C30H30F2N2O2S. The van der Waals surface area contributed by atoms with Crippen LogP contribution in [0.25, 0.3) is 10.1 Å². The van der Waals surface area contributed by atoms with E-state index in [2.05, 4.69) is 16.3 Å². The van der Waals surface area contributed by atoms with Gasteiger partial charge in [-0.15, -0.1) is 11.3 Å². The van der Waals surface area contributed by atoms with Gasteiger partial charge in [0.1, 0.15) is 16.4 Å². The van der Waals surface area contributed by atoms with E-state index in [0.29, 0.717) is 45.5 Å². The van der Waals surface area contributed by atoms with Crippen molar-refractivity contribution < 1.29 is 18.3 Å². The van der Waals surface area contributed by atoms with Crippen molar-refractivity contribution in [3.05, 3.63) is 87.5 Å². The SMILES string of the molecule is Cc1ccc2c(Oc3ccc(NC4CN(CCCF)C4)cc3)c(C(=O)c3c(C)cc(F)cc3C)sc2c1. The molecule has 1 saturated heterocycles. The predicted octanol–water partition coefficient (Wildman–Crippen LogP) is 7.44. The number of hydrogen-bond acceptors (Lipinski definition) is 5. The average molecular weight is 521 g/mol. The first-order valence-corrected chi connectivity index (χ1v) is 13.3. The van der Waals surface area contributed by atoms with Gasteiger partial charge in [-0.3, -0.25) is 14.1 Å². The number of halogens is 2. The number of alkyl halides is 1. The van der Waals surface area contributed by atoms with Crippen molar-refractivity contribution in [1.29, 1.82) is 0 Å². The van der Waals surface area contributed by atoms with Crippen molar-refractivity contribution in [1.82, 2.24) is 4.90 Å². The fourth-order valence-electron chi connectivity index (χ4n) is 4.91. The van der Waals surface area contributed by atoms with E-state index < -0.39 is 0 Å². The summed E-state index contributed by atoms with van der Waals surface area (Å²) in [6.45, 7) is 7.88. The molecule has 4 aromatic rings. The molecule has 5 rings (SSSR count). The average Bonchev–Trinajstić information content (AvgIpc) is 3.18. The number of fused-ring (bicyclic) bond motifs is 1. The van der Waals surface area contributed by atoms with Gasteiger partial charge in [-0.25, -0.2) is 4.39 Å². The van der Waals surface area contributed by atoms with E-state index in [1.54, 1.807) is 13.8 Å². The first-order valence-electron chi connectivity index (χ1n) is 12.5. The summed E-state index contributed by atoms with van der Waals surface area (Å²) in [4.78, 5) is 16.5. The molecule has 0 unspecified atom stereocenters. The molecule has 1 N–H and O–H groups in total. The van der Waals surface area contributed by atoms with E-state index >= 15 is 0 Å². The van der Waals surface area contributed by atoms with Gasteiger partial charge in [0.25, 0.3) is 0 Å². The van der Waals surface area contributed by atoms with Gasteiger partial charge in [-0.05, 0) is 92.4 Å². The van der Waals surface area contributed by atoms with Crippen molar-refractivity contribution in [2.45, 2.75) is 33.2 Å². The van der Waals surface area contributed by atoms with Gasteiger partial charge in [0.2, 0.25) is 5.78 Å². The van der Waals surface area contributed by atoms with E-state index in [9.17, 15) is 13.6 Å². The maximum Gasteiger partial charge on any atom is 0.207 e. The third kappa shape index (κ3) is 5.38. The van der Waals surface area contributed by atoms with Crippen LogP contribution in [0.15, 0.2) is 54.6 Å². The maximum absolute atomic E-state index is 13.9. The highest BCUT2D eigenvalue weighted by molar-refractivity contribution is 7.21. The molecule has 4 nitrogen and oxygen atoms in total. The molecule has 0 atom stereocenters. The normalized spacial score (nSPS) is 14.1. The van der Waals surface area contributed by atoms with Gasteiger partial charge in [0, 0.05) is 41.0 Å². The zero-order valence-electron chi connectivity index (χ0n) is 21.2. The molecule has 0 radical (unpaired) electrons. The van der Waals surface area contributed by atoms with Gasteiger partial charge >= 0.3 is 0 Å². The molecule has 0 amide bonds. The van der Waals surface area contributed by atoms with Crippen LogP contribution in [0.3, 0.4) is 0 Å². The largest absolute Gasteiger partial charge is 0.455 e. The molecule has 1 aromatic heterocycles. The molecule has 3 aromatic carbocycles. The number of anilines is 1. The summed E-state index contributed by atoms with van der Waals surface area (Å²) in [5.41, 5.74) is 3.81. The topological polar surface area (TPSA) is 41.6 Å². The third-order valence-corrected chi connectivity index (χ3v) is 7.87. The zero-order valence-corrected chi connectivity index (χ0v) is 22.1. The number of carbonyl (C=O) groups is 1. The Labute approximate surface area is 219 Å². The fourth-order valence-corrected chi connectivity index (χ4v) is 6.09. The summed E-state index contributed by atoms with van der Waals surface area (Å²) in [5, 5.41) is 4.38. The highest BCUT2D eigenvalue weighted by Gasteiger charge is 2.26. The Bertz CT molecular complexity index is 1420. The van der Waals surface area contributed by atoms with Crippen LogP contribution in [0.1, 0.15) is 38.3 Å². The second-order valence-corrected chi connectivity index (χ2v) is 10.8. The number of carbonyl (C=O) groups excluding carboxylic acids is 1. The first kappa shape index (κ1) is 25.4. The molecule has 0 aliphatic carbocycles. The Hall–Kier alpha value is -3.29. The predicted molar refractivity (Wildman–Crippen MR) is 147 cm³/mol. The third-order valence-electron chi connectivity index (χ3n) is 6.74. The van der Waals surface area contributed by atoms with Gasteiger partial charge in [0.05, 0.1) is 12.7 Å². The second-order valence-electron chi connectivity index (χ2n) is 9.77. The highest BCUT2D eigenvalue weighted by atomic mass is 32.1. The number of ether oxygens (including phenoxy) is 1. The molecule has 1 aliphatic rings. The van der Waals surface area contributed by atoms with Crippen LogP contribution in [0.2, 0.25) is 0 Å². The Kier molecular flexibility index (Phi) is 7.26. The van der Waals surface area contributed by atoms with Gasteiger partial charge in [-0.2, -0.15) is 0 Å². The molecule has 0 saturated carbocycles. The van der Waals surface area contributed by atoms with Crippen LogP contribution in [-0.4, -0.2) is 43.0 Å². The lowest BCUT2D eigenvalue weighted by atomic mass is 9.97. The molecular weight excluding hydrogens is 490 g/mol. The van der Waals surface area contributed by atoms with Crippen molar-refractivity contribution >= 4 is 32.9 Å². The van der Waals surface area contributed by atoms with Crippen molar-refractivity contribution in [3.8, 4) is 11.5 Å². The minimum atomic E-state index is -0.349. The Morgan fingerprint density at radius 2 is 1.76 bits per heavy atom. The molecule has 2 heterocycles. The Morgan fingerprint density at radius 3 is 2.43 bits per heavy atom. The van der Waals surface area contributed by atoms with Crippen LogP contribution in [0.4, 0.5) is 14.5 Å². The number of thiophene rings is 1.